The summed E-state index contributed by atoms with van der Waals surface area (Å²) in [7, 11) is 0. The minimum Gasteiger partial charge on any atom is -0.309 e. The lowest BCUT2D eigenvalue weighted by molar-refractivity contribution is 1.01. The fourth-order valence-electron chi connectivity index (χ4n) is 6.60. The van der Waals surface area contributed by atoms with Gasteiger partial charge in [-0.1, -0.05) is 97.1 Å². The molecule has 0 spiro atoms. The number of benzene rings is 6. The van der Waals surface area contributed by atoms with Gasteiger partial charge < -0.3 is 9.13 Å². The number of para-hydroxylation sites is 3. The molecule has 3 aromatic heterocycles. The summed E-state index contributed by atoms with van der Waals surface area (Å²) in [5, 5.41) is 16.3. The maximum atomic E-state index is 4.48. The maximum Gasteiger partial charge on any atom is 0.0950 e. The molecule has 0 unspecified atom stereocenters. The molecule has 0 fully saturated rings. The third-order valence-corrected chi connectivity index (χ3v) is 8.42. The van der Waals surface area contributed by atoms with Crippen LogP contribution in [0, 0.1) is 0 Å². The Bertz CT molecular complexity index is 2450. The van der Waals surface area contributed by atoms with Gasteiger partial charge in [-0.05, 0) is 47.9 Å². The molecule has 9 rings (SSSR count). The van der Waals surface area contributed by atoms with Crippen LogP contribution in [0.2, 0.25) is 0 Å². The van der Waals surface area contributed by atoms with E-state index in [2.05, 4.69) is 141 Å². The van der Waals surface area contributed by atoms with Gasteiger partial charge in [-0.25, -0.2) is 0 Å². The van der Waals surface area contributed by atoms with E-state index in [-0.39, 0.29) is 0 Å². The van der Waals surface area contributed by atoms with E-state index in [9.17, 15) is 0 Å². The molecule has 0 aliphatic heterocycles. The maximum absolute atomic E-state index is 4.48. The highest BCUT2D eigenvalue weighted by atomic mass is 15.1. The van der Waals surface area contributed by atoms with Gasteiger partial charge in [-0.2, -0.15) is 10.2 Å². The van der Waals surface area contributed by atoms with Crippen LogP contribution in [0.25, 0.3) is 77.0 Å². The summed E-state index contributed by atoms with van der Waals surface area (Å²) in [5.41, 5.74) is 8.80. The molecule has 0 bridgehead atoms. The molecule has 0 aliphatic carbocycles. The molecule has 4 nitrogen and oxygen atoms in total. The second-order valence-electron chi connectivity index (χ2n) is 10.8. The summed E-state index contributed by atoms with van der Waals surface area (Å²) >= 11 is 0. The van der Waals surface area contributed by atoms with E-state index in [1.54, 1.807) is 0 Å². The molecule has 6 aromatic carbocycles. The number of aromatic nitrogens is 4. The van der Waals surface area contributed by atoms with Crippen LogP contribution in [-0.4, -0.2) is 19.3 Å². The van der Waals surface area contributed by atoms with E-state index in [1.165, 1.54) is 48.9 Å². The smallest absolute Gasteiger partial charge is 0.0950 e. The van der Waals surface area contributed by atoms with E-state index in [0.717, 1.165) is 28.1 Å². The predicted molar refractivity (Wildman–Crippen MR) is 174 cm³/mol. The Morgan fingerprint density at radius 1 is 0.429 bits per heavy atom. The lowest BCUT2D eigenvalue weighted by Crippen LogP contribution is -1.98. The molecule has 0 radical (unpaired) electrons. The summed E-state index contributed by atoms with van der Waals surface area (Å²) in [5.74, 6) is 0. The Morgan fingerprint density at radius 2 is 1.10 bits per heavy atom. The van der Waals surface area contributed by atoms with Gasteiger partial charge in [0.05, 0.1) is 39.6 Å². The Morgan fingerprint density at radius 3 is 1.88 bits per heavy atom. The molecule has 42 heavy (non-hydrogen) atoms. The fraction of sp³-hybridized carbons (Fsp3) is 0. The summed E-state index contributed by atoms with van der Waals surface area (Å²) in [4.78, 5) is 0. The standard InChI is InChI=1S/C38H24N4/c1-3-11-25(12-4-1)34-22-28(24-39-40-34)42-36-18-10-7-15-29(36)31-20-19-26-21-37-33(23-32(26)38(31)42)30-16-8-9-17-35(30)41(37)27-13-5-2-6-14-27/h1-24H. The Kier molecular flexibility index (Phi) is 4.87. The molecule has 0 saturated carbocycles. The first-order valence-corrected chi connectivity index (χ1v) is 14.2. The summed E-state index contributed by atoms with van der Waals surface area (Å²) in [6, 6.07) is 49.6. The van der Waals surface area contributed by atoms with Gasteiger partial charge in [0.1, 0.15) is 0 Å². The molecule has 0 saturated heterocycles. The molecule has 196 valence electrons. The largest absolute Gasteiger partial charge is 0.309 e. The molecule has 4 heteroatoms. The van der Waals surface area contributed by atoms with Gasteiger partial charge in [0.25, 0.3) is 0 Å². The molecule has 0 atom stereocenters. The zero-order chi connectivity index (χ0) is 27.6. The first kappa shape index (κ1) is 23.0. The third-order valence-electron chi connectivity index (χ3n) is 8.42. The van der Waals surface area contributed by atoms with Gasteiger partial charge in [0.2, 0.25) is 0 Å². The Hall–Kier alpha value is -5.74. The molecule has 0 amide bonds. The zero-order valence-electron chi connectivity index (χ0n) is 22.6. The van der Waals surface area contributed by atoms with Crippen LogP contribution < -0.4 is 0 Å². The quantitative estimate of drug-likeness (QED) is 0.225. The van der Waals surface area contributed by atoms with Crippen molar-refractivity contribution in [2.45, 2.75) is 0 Å². The highest BCUT2D eigenvalue weighted by Crippen LogP contribution is 2.40. The highest BCUT2D eigenvalue weighted by molar-refractivity contribution is 6.22. The van der Waals surface area contributed by atoms with E-state index < -0.39 is 0 Å². The van der Waals surface area contributed by atoms with Crippen molar-refractivity contribution in [1.29, 1.82) is 0 Å². The molecule has 0 N–H and O–H groups in total. The fourth-order valence-corrected chi connectivity index (χ4v) is 6.60. The molecular weight excluding hydrogens is 512 g/mol. The van der Waals surface area contributed by atoms with Crippen molar-refractivity contribution in [3.05, 3.63) is 146 Å². The predicted octanol–water partition coefficient (Wildman–Crippen LogP) is 9.49. The number of nitrogens with zero attached hydrogens (tertiary/aromatic N) is 4. The average Bonchev–Trinajstić information content (AvgIpc) is 3.57. The van der Waals surface area contributed by atoms with Crippen molar-refractivity contribution in [3.8, 4) is 22.6 Å². The first-order chi connectivity index (χ1) is 20.8. The molecule has 3 heterocycles. The second kappa shape index (κ2) is 8.88. The monoisotopic (exact) mass is 536 g/mol. The van der Waals surface area contributed by atoms with Crippen molar-refractivity contribution in [1.82, 2.24) is 19.3 Å². The van der Waals surface area contributed by atoms with Gasteiger partial charge in [0, 0.05) is 38.2 Å². The van der Waals surface area contributed by atoms with Crippen LogP contribution in [0.1, 0.15) is 0 Å². The SMILES string of the molecule is c1ccc(-c2cc(-n3c4ccccc4c4ccc5cc6c(cc5c43)c3ccccc3n6-c3ccccc3)cnn2)cc1. The molecule has 9 aromatic rings. The van der Waals surface area contributed by atoms with Crippen LogP contribution >= 0.6 is 0 Å². The van der Waals surface area contributed by atoms with Crippen molar-refractivity contribution in [2.24, 2.45) is 0 Å². The minimum absolute atomic E-state index is 0.854. The average molecular weight is 537 g/mol. The Labute approximate surface area is 241 Å². The van der Waals surface area contributed by atoms with E-state index >= 15 is 0 Å². The van der Waals surface area contributed by atoms with E-state index in [1.807, 2.05) is 24.4 Å². The summed E-state index contributed by atoms with van der Waals surface area (Å²) in [6.45, 7) is 0. The first-order valence-electron chi connectivity index (χ1n) is 14.2. The molecular formula is C38H24N4. The van der Waals surface area contributed by atoms with Crippen LogP contribution in [0.5, 0.6) is 0 Å². The number of fused-ring (bicyclic) bond motifs is 8. The van der Waals surface area contributed by atoms with Gasteiger partial charge in [-0.3, -0.25) is 0 Å². The van der Waals surface area contributed by atoms with Crippen LogP contribution in [-0.2, 0) is 0 Å². The normalized spacial score (nSPS) is 11.8. The van der Waals surface area contributed by atoms with Gasteiger partial charge in [0.15, 0.2) is 0 Å². The van der Waals surface area contributed by atoms with Crippen LogP contribution in [0.15, 0.2) is 146 Å². The van der Waals surface area contributed by atoms with Crippen LogP contribution in [0.4, 0.5) is 0 Å². The van der Waals surface area contributed by atoms with Crippen molar-refractivity contribution < 1.29 is 0 Å². The van der Waals surface area contributed by atoms with Gasteiger partial charge in [-0.15, -0.1) is 0 Å². The van der Waals surface area contributed by atoms with Crippen LogP contribution in [0.3, 0.4) is 0 Å². The Balaban J connectivity index is 1.41. The lowest BCUT2D eigenvalue weighted by atomic mass is 10.0. The van der Waals surface area contributed by atoms with E-state index in [0.29, 0.717) is 0 Å². The summed E-state index contributed by atoms with van der Waals surface area (Å²) in [6.07, 6.45) is 1.87. The van der Waals surface area contributed by atoms with Gasteiger partial charge >= 0.3 is 0 Å². The zero-order valence-corrected chi connectivity index (χ0v) is 22.6. The topological polar surface area (TPSA) is 35.6 Å². The number of hydrogen-bond acceptors (Lipinski definition) is 2. The summed E-state index contributed by atoms with van der Waals surface area (Å²) < 4.78 is 4.74. The number of rotatable bonds is 3. The lowest BCUT2D eigenvalue weighted by Gasteiger charge is -2.12. The molecule has 0 aliphatic rings. The van der Waals surface area contributed by atoms with Crippen molar-refractivity contribution in [2.75, 3.05) is 0 Å². The minimum atomic E-state index is 0.854. The van der Waals surface area contributed by atoms with Crippen molar-refractivity contribution >= 4 is 54.4 Å². The second-order valence-corrected chi connectivity index (χ2v) is 10.8. The number of hydrogen-bond donors (Lipinski definition) is 0. The van der Waals surface area contributed by atoms with E-state index in [4.69, 9.17) is 0 Å². The van der Waals surface area contributed by atoms with Crippen molar-refractivity contribution in [3.63, 3.8) is 0 Å². The third kappa shape index (κ3) is 3.29. The highest BCUT2D eigenvalue weighted by Gasteiger charge is 2.19.